The molecule has 0 unspecified atom stereocenters. The molecule has 0 N–H and O–H groups in total. The maximum Gasteiger partial charge on any atom is 0.235 e. The van der Waals surface area contributed by atoms with E-state index in [0.717, 1.165) is 6.20 Å². The molecule has 0 atom stereocenters. The molecule has 0 saturated heterocycles. The molecule has 0 fully saturated rings. The van der Waals surface area contributed by atoms with Crippen LogP contribution < -0.4 is 0 Å². The minimum Gasteiger partial charge on any atom is -0.259 e. The largest absolute Gasteiger partial charge is 0.259 e. The van der Waals surface area contributed by atoms with E-state index < -0.39 is 10.7 Å². The monoisotopic (exact) mass is 245 g/mol. The summed E-state index contributed by atoms with van der Waals surface area (Å²) in [5.41, 5.74) is 0.456. The third-order valence-corrected chi connectivity index (χ3v) is 1.98. The van der Waals surface area contributed by atoms with Crippen molar-refractivity contribution in [2.75, 3.05) is 0 Å². The lowest BCUT2D eigenvalue weighted by Crippen LogP contribution is -1.83. The molecule has 0 spiro atoms. The molecule has 1 rings (SSSR count). The smallest absolute Gasteiger partial charge is 0.235 e. The second-order valence-electron chi connectivity index (χ2n) is 2.27. The quantitative estimate of drug-likeness (QED) is 0.594. The molecule has 68 valence electrons. The molecule has 0 heterocycles. The lowest BCUT2D eigenvalue weighted by atomic mass is 10.2. The van der Waals surface area contributed by atoms with Crippen molar-refractivity contribution in [2.24, 2.45) is 0 Å². The van der Waals surface area contributed by atoms with Crippen molar-refractivity contribution in [2.45, 2.75) is 0 Å². The first-order valence-corrected chi connectivity index (χ1v) is 4.15. The summed E-state index contributed by atoms with van der Waals surface area (Å²) in [6, 6.07) is 4.28. The van der Waals surface area contributed by atoms with Crippen LogP contribution in [0.15, 0.2) is 28.9 Å². The Balaban J connectivity index is 2.92. The van der Waals surface area contributed by atoms with Crippen molar-refractivity contribution < 1.29 is 9.31 Å². The van der Waals surface area contributed by atoms with Crippen LogP contribution in [0.25, 0.3) is 6.08 Å². The Morgan fingerprint density at radius 1 is 1.54 bits per heavy atom. The van der Waals surface area contributed by atoms with E-state index in [2.05, 4.69) is 15.9 Å². The summed E-state index contributed by atoms with van der Waals surface area (Å²) >= 11 is 2.98. The molecule has 0 aromatic heterocycles. The summed E-state index contributed by atoms with van der Waals surface area (Å²) in [7, 11) is 0. The SMILES string of the molecule is O=[N+]([O-])C=Cc1ccc(Br)c(F)c1. The molecule has 0 bridgehead atoms. The number of nitro groups is 1. The van der Waals surface area contributed by atoms with Gasteiger partial charge in [-0.2, -0.15) is 0 Å². The van der Waals surface area contributed by atoms with Crippen LogP contribution in [0.2, 0.25) is 0 Å². The maximum atomic E-state index is 12.9. The summed E-state index contributed by atoms with van der Waals surface area (Å²) in [6.45, 7) is 0. The van der Waals surface area contributed by atoms with Crippen molar-refractivity contribution in [3.8, 4) is 0 Å². The Hall–Kier alpha value is -1.23. The van der Waals surface area contributed by atoms with Gasteiger partial charge in [-0.1, -0.05) is 6.07 Å². The highest BCUT2D eigenvalue weighted by Crippen LogP contribution is 2.16. The minimum atomic E-state index is -0.597. The molecule has 1 aromatic rings. The third kappa shape index (κ3) is 2.95. The molecule has 3 nitrogen and oxygen atoms in total. The predicted molar refractivity (Wildman–Crippen MR) is 50.1 cm³/mol. The van der Waals surface area contributed by atoms with Gasteiger partial charge in [-0.25, -0.2) is 4.39 Å². The van der Waals surface area contributed by atoms with Gasteiger partial charge in [0, 0.05) is 6.08 Å². The van der Waals surface area contributed by atoms with Crippen molar-refractivity contribution >= 4 is 22.0 Å². The van der Waals surface area contributed by atoms with E-state index in [1.54, 1.807) is 6.07 Å². The maximum absolute atomic E-state index is 12.9. The molecule has 0 aliphatic rings. The van der Waals surface area contributed by atoms with Gasteiger partial charge in [0.05, 0.1) is 9.40 Å². The van der Waals surface area contributed by atoms with E-state index in [1.165, 1.54) is 18.2 Å². The summed E-state index contributed by atoms with van der Waals surface area (Å²) in [4.78, 5) is 9.34. The average Bonchev–Trinajstić information content (AvgIpc) is 2.07. The molecular weight excluding hydrogens is 241 g/mol. The van der Waals surface area contributed by atoms with Gasteiger partial charge in [0.25, 0.3) is 0 Å². The van der Waals surface area contributed by atoms with Crippen LogP contribution in [0.1, 0.15) is 5.56 Å². The van der Waals surface area contributed by atoms with E-state index >= 15 is 0 Å². The van der Waals surface area contributed by atoms with Crippen molar-refractivity contribution in [3.63, 3.8) is 0 Å². The normalized spacial score (nSPS) is 10.6. The minimum absolute atomic E-state index is 0.339. The number of benzene rings is 1. The van der Waals surface area contributed by atoms with E-state index in [-0.39, 0.29) is 0 Å². The zero-order valence-electron chi connectivity index (χ0n) is 6.41. The summed E-state index contributed by atoms with van der Waals surface area (Å²) in [5.74, 6) is -0.439. The molecular formula is C8H5BrFNO2. The highest BCUT2D eigenvalue weighted by molar-refractivity contribution is 9.10. The first kappa shape index (κ1) is 9.85. The highest BCUT2D eigenvalue weighted by Gasteiger charge is 1.98. The Morgan fingerprint density at radius 2 is 2.23 bits per heavy atom. The van der Waals surface area contributed by atoms with Crippen LogP contribution in [-0.4, -0.2) is 4.92 Å². The molecule has 5 heteroatoms. The molecule has 0 amide bonds. The van der Waals surface area contributed by atoms with E-state index in [9.17, 15) is 14.5 Å². The number of nitrogens with zero attached hydrogens (tertiary/aromatic N) is 1. The predicted octanol–water partition coefficient (Wildman–Crippen LogP) is 2.84. The average molecular weight is 246 g/mol. The van der Waals surface area contributed by atoms with Crippen LogP contribution in [0.4, 0.5) is 4.39 Å². The zero-order chi connectivity index (χ0) is 9.84. The van der Waals surface area contributed by atoms with Gasteiger partial charge in [0.2, 0.25) is 6.20 Å². The molecule has 0 saturated carbocycles. The Morgan fingerprint density at radius 3 is 2.77 bits per heavy atom. The lowest BCUT2D eigenvalue weighted by Gasteiger charge is -1.94. The van der Waals surface area contributed by atoms with Crippen LogP contribution in [-0.2, 0) is 0 Å². The van der Waals surface area contributed by atoms with Gasteiger partial charge < -0.3 is 0 Å². The fourth-order valence-electron chi connectivity index (χ4n) is 0.763. The summed E-state index contributed by atoms with van der Waals surface area (Å²) in [5, 5.41) is 9.94. The number of rotatable bonds is 2. The second-order valence-corrected chi connectivity index (χ2v) is 3.13. The lowest BCUT2D eigenvalue weighted by molar-refractivity contribution is -0.400. The fourth-order valence-corrected chi connectivity index (χ4v) is 1.01. The van der Waals surface area contributed by atoms with Crippen LogP contribution >= 0.6 is 15.9 Å². The second kappa shape index (κ2) is 4.13. The van der Waals surface area contributed by atoms with Crippen molar-refractivity contribution in [3.05, 3.63) is 50.4 Å². The summed E-state index contributed by atoms with van der Waals surface area (Å²) in [6.07, 6.45) is 2.00. The van der Waals surface area contributed by atoms with Crippen LogP contribution in [0.5, 0.6) is 0 Å². The van der Waals surface area contributed by atoms with Gasteiger partial charge >= 0.3 is 0 Å². The fraction of sp³-hybridized carbons (Fsp3) is 0. The van der Waals surface area contributed by atoms with E-state index in [1.807, 2.05) is 0 Å². The van der Waals surface area contributed by atoms with Crippen molar-refractivity contribution in [1.82, 2.24) is 0 Å². The van der Waals surface area contributed by atoms with Gasteiger partial charge in [-0.05, 0) is 33.6 Å². The molecule has 0 aliphatic carbocycles. The molecule has 0 radical (unpaired) electrons. The highest BCUT2D eigenvalue weighted by atomic mass is 79.9. The first-order chi connectivity index (χ1) is 6.09. The Bertz CT molecular complexity index is 365. The Labute approximate surface area is 82.2 Å². The van der Waals surface area contributed by atoms with Gasteiger partial charge in [-0.3, -0.25) is 10.1 Å². The standard InChI is InChI=1S/C8H5BrFNO2/c9-7-2-1-6(5-8(7)10)3-4-11(12)13/h1-5H. The first-order valence-electron chi connectivity index (χ1n) is 3.36. The number of halogens is 2. The van der Waals surface area contributed by atoms with E-state index in [4.69, 9.17) is 0 Å². The number of hydrogen-bond donors (Lipinski definition) is 0. The van der Waals surface area contributed by atoms with Gasteiger partial charge in [0.1, 0.15) is 5.82 Å². The zero-order valence-corrected chi connectivity index (χ0v) is 7.99. The topological polar surface area (TPSA) is 43.1 Å². The van der Waals surface area contributed by atoms with E-state index in [0.29, 0.717) is 10.0 Å². The molecule has 13 heavy (non-hydrogen) atoms. The third-order valence-electron chi connectivity index (χ3n) is 1.33. The number of hydrogen-bond acceptors (Lipinski definition) is 2. The van der Waals surface area contributed by atoms with Gasteiger partial charge in [0.15, 0.2) is 0 Å². The molecule has 0 aliphatic heterocycles. The van der Waals surface area contributed by atoms with Crippen molar-refractivity contribution in [1.29, 1.82) is 0 Å². The summed E-state index contributed by atoms with van der Waals surface area (Å²) < 4.78 is 13.2. The van der Waals surface area contributed by atoms with Crippen LogP contribution in [0, 0.1) is 15.9 Å². The van der Waals surface area contributed by atoms with Gasteiger partial charge in [-0.15, -0.1) is 0 Å². The molecule has 1 aromatic carbocycles. The Kier molecular flexibility index (Phi) is 3.13. The van der Waals surface area contributed by atoms with Crippen LogP contribution in [0.3, 0.4) is 0 Å².